The van der Waals surface area contributed by atoms with Crippen molar-refractivity contribution in [3.8, 4) is 11.5 Å². The molecule has 7 nitrogen and oxygen atoms in total. The number of ether oxygens (including phenoxy) is 2. The second kappa shape index (κ2) is 8.73. The average Bonchev–Trinajstić information content (AvgIpc) is 2.69. The van der Waals surface area contributed by atoms with Crippen molar-refractivity contribution in [3.63, 3.8) is 0 Å². The molecule has 1 fully saturated rings. The van der Waals surface area contributed by atoms with Crippen LogP contribution >= 0.6 is 0 Å². The molecule has 0 saturated carbocycles. The second-order valence-electron chi connectivity index (χ2n) is 6.72. The molecule has 1 amide bonds. The topological polar surface area (TPSA) is 89.7 Å². The van der Waals surface area contributed by atoms with Gasteiger partial charge in [0.25, 0.3) is 5.91 Å². The Kier molecular flexibility index (Phi) is 6.13. The predicted molar refractivity (Wildman–Crippen MR) is 104 cm³/mol. The van der Waals surface area contributed by atoms with Crippen molar-refractivity contribution in [1.82, 2.24) is 15.2 Å². The van der Waals surface area contributed by atoms with E-state index in [4.69, 9.17) is 15.2 Å². The number of piperidine rings is 1. The first kappa shape index (κ1) is 19.0. The lowest BCUT2D eigenvalue weighted by Gasteiger charge is -2.29. The number of rotatable bonds is 6. The van der Waals surface area contributed by atoms with Gasteiger partial charge in [-0.1, -0.05) is 6.07 Å². The molecule has 144 valence electrons. The van der Waals surface area contributed by atoms with E-state index in [1.807, 2.05) is 6.07 Å². The first-order chi connectivity index (χ1) is 13.1. The van der Waals surface area contributed by atoms with Gasteiger partial charge in [-0.2, -0.15) is 0 Å². The van der Waals surface area contributed by atoms with Gasteiger partial charge in [0, 0.05) is 37.0 Å². The first-order valence-corrected chi connectivity index (χ1v) is 9.07. The summed E-state index contributed by atoms with van der Waals surface area (Å²) in [7, 11) is 3.69. The molecule has 1 aromatic carbocycles. The van der Waals surface area contributed by atoms with Crippen molar-refractivity contribution >= 4 is 11.7 Å². The van der Waals surface area contributed by atoms with E-state index in [2.05, 4.69) is 22.2 Å². The summed E-state index contributed by atoms with van der Waals surface area (Å²) in [5.74, 6) is 1.43. The predicted octanol–water partition coefficient (Wildman–Crippen LogP) is 2.08. The first-order valence-electron chi connectivity index (χ1n) is 9.07. The van der Waals surface area contributed by atoms with Crippen LogP contribution < -0.4 is 20.5 Å². The zero-order chi connectivity index (χ0) is 19.2. The number of pyridine rings is 1. The van der Waals surface area contributed by atoms with Crippen molar-refractivity contribution < 1.29 is 14.3 Å². The van der Waals surface area contributed by atoms with E-state index in [1.54, 1.807) is 37.6 Å². The van der Waals surface area contributed by atoms with Gasteiger partial charge < -0.3 is 25.4 Å². The van der Waals surface area contributed by atoms with Crippen LogP contribution in [0.5, 0.6) is 11.5 Å². The SMILES string of the molecule is COc1cc(C(=O)NCc2cccnc2N)ccc1OC1CCN(C)CC1. The number of benzene rings is 1. The Morgan fingerprint density at radius 2 is 2.07 bits per heavy atom. The van der Waals surface area contributed by atoms with Crippen LogP contribution in [0.4, 0.5) is 5.82 Å². The van der Waals surface area contributed by atoms with Gasteiger partial charge in [-0.15, -0.1) is 0 Å². The highest BCUT2D eigenvalue weighted by Gasteiger charge is 2.20. The Morgan fingerprint density at radius 3 is 2.78 bits per heavy atom. The molecule has 7 heteroatoms. The summed E-state index contributed by atoms with van der Waals surface area (Å²) < 4.78 is 11.5. The van der Waals surface area contributed by atoms with E-state index in [0.29, 0.717) is 29.4 Å². The minimum atomic E-state index is -0.206. The fourth-order valence-corrected chi connectivity index (χ4v) is 3.07. The highest BCUT2D eigenvalue weighted by molar-refractivity contribution is 5.94. The number of nitrogens with two attached hydrogens (primary N) is 1. The molecular formula is C20H26N4O3. The Morgan fingerprint density at radius 1 is 1.30 bits per heavy atom. The number of nitrogen functional groups attached to an aromatic ring is 1. The summed E-state index contributed by atoms with van der Waals surface area (Å²) in [6, 6.07) is 8.86. The minimum Gasteiger partial charge on any atom is -0.493 e. The van der Waals surface area contributed by atoms with Crippen molar-refractivity contribution in [3.05, 3.63) is 47.7 Å². The maximum absolute atomic E-state index is 12.5. The molecule has 1 aliphatic rings. The highest BCUT2D eigenvalue weighted by atomic mass is 16.5. The lowest BCUT2D eigenvalue weighted by Crippen LogP contribution is -2.35. The third-order valence-corrected chi connectivity index (χ3v) is 4.75. The van der Waals surface area contributed by atoms with E-state index in [-0.39, 0.29) is 12.0 Å². The van der Waals surface area contributed by atoms with Crippen molar-refractivity contribution in [2.45, 2.75) is 25.5 Å². The Bertz CT molecular complexity index is 789. The summed E-state index contributed by atoms with van der Waals surface area (Å²) in [5, 5.41) is 2.85. The van der Waals surface area contributed by atoms with Crippen LogP contribution in [0.15, 0.2) is 36.5 Å². The second-order valence-corrected chi connectivity index (χ2v) is 6.72. The summed E-state index contributed by atoms with van der Waals surface area (Å²) in [6.45, 7) is 2.35. The number of likely N-dealkylation sites (tertiary alicyclic amines) is 1. The van der Waals surface area contributed by atoms with E-state index in [1.165, 1.54) is 0 Å². The fourth-order valence-electron chi connectivity index (χ4n) is 3.07. The number of methoxy groups -OCH3 is 1. The molecule has 0 radical (unpaired) electrons. The molecule has 1 aromatic heterocycles. The molecule has 0 spiro atoms. The van der Waals surface area contributed by atoms with E-state index < -0.39 is 0 Å². The molecule has 2 aromatic rings. The molecule has 0 bridgehead atoms. The average molecular weight is 370 g/mol. The van der Waals surface area contributed by atoms with Crippen LogP contribution in [-0.4, -0.2) is 49.1 Å². The lowest BCUT2D eigenvalue weighted by molar-refractivity contribution is 0.0950. The number of amides is 1. The van der Waals surface area contributed by atoms with Gasteiger partial charge in [0.1, 0.15) is 11.9 Å². The Labute approximate surface area is 159 Å². The van der Waals surface area contributed by atoms with Gasteiger partial charge in [-0.25, -0.2) is 4.98 Å². The number of carbonyl (C=O) groups excluding carboxylic acids is 1. The quantitative estimate of drug-likeness (QED) is 0.809. The molecule has 1 saturated heterocycles. The molecule has 0 unspecified atom stereocenters. The highest BCUT2D eigenvalue weighted by Crippen LogP contribution is 2.30. The van der Waals surface area contributed by atoms with E-state index in [9.17, 15) is 4.79 Å². The fraction of sp³-hybridized carbons (Fsp3) is 0.400. The number of aromatic nitrogens is 1. The minimum absolute atomic E-state index is 0.170. The van der Waals surface area contributed by atoms with E-state index >= 15 is 0 Å². The summed E-state index contributed by atoms with van der Waals surface area (Å²) in [6.07, 6.45) is 3.75. The van der Waals surface area contributed by atoms with Crippen molar-refractivity contribution in [2.75, 3.05) is 33.0 Å². The molecule has 0 aliphatic carbocycles. The number of hydrogen-bond donors (Lipinski definition) is 2. The third kappa shape index (κ3) is 4.89. The standard InChI is InChI=1S/C20H26N4O3/c1-24-10-7-16(8-11-24)27-17-6-5-14(12-18(17)26-2)20(25)23-13-15-4-3-9-22-19(15)21/h3-6,9,12,16H,7-8,10-11,13H2,1-2H3,(H2,21,22)(H,23,25). The number of hydrogen-bond acceptors (Lipinski definition) is 6. The van der Waals surface area contributed by atoms with Crippen LogP contribution in [0.3, 0.4) is 0 Å². The smallest absolute Gasteiger partial charge is 0.251 e. The summed E-state index contributed by atoms with van der Waals surface area (Å²) in [5.41, 5.74) is 7.09. The van der Waals surface area contributed by atoms with Crippen molar-refractivity contribution in [1.29, 1.82) is 0 Å². The molecule has 1 aliphatic heterocycles. The maximum Gasteiger partial charge on any atom is 0.251 e. The number of nitrogens with zero attached hydrogens (tertiary/aromatic N) is 2. The lowest BCUT2D eigenvalue weighted by atomic mass is 10.1. The van der Waals surface area contributed by atoms with Crippen LogP contribution in [0.1, 0.15) is 28.8 Å². The van der Waals surface area contributed by atoms with Crippen LogP contribution in [-0.2, 0) is 6.54 Å². The molecule has 2 heterocycles. The third-order valence-electron chi connectivity index (χ3n) is 4.75. The molecular weight excluding hydrogens is 344 g/mol. The number of nitrogens with one attached hydrogen (secondary N) is 1. The Hall–Kier alpha value is -2.80. The summed E-state index contributed by atoms with van der Waals surface area (Å²) >= 11 is 0. The molecule has 0 atom stereocenters. The summed E-state index contributed by atoms with van der Waals surface area (Å²) in [4.78, 5) is 18.8. The maximum atomic E-state index is 12.5. The zero-order valence-corrected chi connectivity index (χ0v) is 15.8. The van der Waals surface area contributed by atoms with Gasteiger partial charge >= 0.3 is 0 Å². The number of carbonyl (C=O) groups is 1. The van der Waals surface area contributed by atoms with Crippen LogP contribution in [0.25, 0.3) is 0 Å². The van der Waals surface area contributed by atoms with Gasteiger partial charge in [-0.05, 0) is 44.2 Å². The number of anilines is 1. The van der Waals surface area contributed by atoms with Gasteiger partial charge in [0.05, 0.1) is 7.11 Å². The molecule has 27 heavy (non-hydrogen) atoms. The Balaban J connectivity index is 1.64. The molecule has 3 rings (SSSR count). The van der Waals surface area contributed by atoms with E-state index in [0.717, 1.165) is 31.5 Å². The van der Waals surface area contributed by atoms with Crippen molar-refractivity contribution in [2.24, 2.45) is 0 Å². The van der Waals surface area contributed by atoms with Crippen LogP contribution in [0.2, 0.25) is 0 Å². The zero-order valence-electron chi connectivity index (χ0n) is 15.8. The molecule has 3 N–H and O–H groups in total. The normalized spacial score (nSPS) is 15.3. The largest absolute Gasteiger partial charge is 0.493 e. The monoisotopic (exact) mass is 370 g/mol. The van der Waals surface area contributed by atoms with Crippen LogP contribution in [0, 0.1) is 0 Å². The van der Waals surface area contributed by atoms with Gasteiger partial charge in [0.2, 0.25) is 0 Å². The van der Waals surface area contributed by atoms with Gasteiger partial charge in [-0.3, -0.25) is 4.79 Å². The van der Waals surface area contributed by atoms with Gasteiger partial charge in [0.15, 0.2) is 11.5 Å².